The lowest BCUT2D eigenvalue weighted by molar-refractivity contribution is 0.279. The van der Waals surface area contributed by atoms with E-state index in [1.165, 1.54) is 0 Å². The van der Waals surface area contributed by atoms with Gasteiger partial charge in [-0.3, -0.25) is 0 Å². The first-order valence-electron chi connectivity index (χ1n) is 9.14. The summed E-state index contributed by atoms with van der Waals surface area (Å²) in [5.74, 6) is 1.41. The van der Waals surface area contributed by atoms with Gasteiger partial charge in [0, 0.05) is 36.3 Å². The fourth-order valence-corrected chi connectivity index (χ4v) is 3.03. The number of halogens is 3. The predicted octanol–water partition coefficient (Wildman–Crippen LogP) is 5.20. The predicted molar refractivity (Wildman–Crippen MR) is 123 cm³/mol. The van der Waals surface area contributed by atoms with E-state index in [0.717, 1.165) is 43.1 Å². The maximum absolute atomic E-state index is 6.25. The number of likely N-dealkylation sites (N-methyl/N-ethyl adjacent to an activating group) is 1. The van der Waals surface area contributed by atoms with Gasteiger partial charge in [0.2, 0.25) is 0 Å². The summed E-state index contributed by atoms with van der Waals surface area (Å²) in [6, 6.07) is 13.8. The van der Waals surface area contributed by atoms with Gasteiger partial charge in [0.25, 0.3) is 0 Å². The normalized spacial score (nSPS) is 10.2. The molecule has 4 nitrogen and oxygen atoms in total. The molecule has 0 aliphatic heterocycles. The van der Waals surface area contributed by atoms with Crippen LogP contribution in [0, 0.1) is 0 Å². The third-order valence-corrected chi connectivity index (χ3v) is 4.58. The van der Waals surface area contributed by atoms with Gasteiger partial charge in [-0.05, 0) is 24.7 Å². The summed E-state index contributed by atoms with van der Waals surface area (Å²) in [5, 5.41) is 4.13. The number of nitrogens with one attached hydrogen (secondary N) is 1. The van der Waals surface area contributed by atoms with Crippen LogP contribution in [0.4, 0.5) is 0 Å². The molecule has 28 heavy (non-hydrogen) atoms. The van der Waals surface area contributed by atoms with Crippen LogP contribution in [0.25, 0.3) is 0 Å². The van der Waals surface area contributed by atoms with Gasteiger partial charge in [-0.1, -0.05) is 55.8 Å². The van der Waals surface area contributed by atoms with Crippen molar-refractivity contribution in [2.24, 2.45) is 0 Å². The first-order valence-corrected chi connectivity index (χ1v) is 9.51. The Bertz CT molecular complexity index is 668. The highest BCUT2D eigenvalue weighted by Gasteiger charge is 2.13. The summed E-state index contributed by atoms with van der Waals surface area (Å²) in [5.41, 5.74) is 2.12. The van der Waals surface area contributed by atoms with Gasteiger partial charge >= 0.3 is 0 Å². The van der Waals surface area contributed by atoms with E-state index in [-0.39, 0.29) is 24.8 Å². The second-order valence-corrected chi connectivity index (χ2v) is 6.51. The summed E-state index contributed by atoms with van der Waals surface area (Å²) in [4.78, 5) is 2.39. The molecular formula is C21H31Cl3N2O2. The average Bonchev–Trinajstić information content (AvgIpc) is 2.67. The van der Waals surface area contributed by atoms with Gasteiger partial charge in [-0.25, -0.2) is 0 Å². The molecule has 2 rings (SSSR count). The van der Waals surface area contributed by atoms with Crippen LogP contribution in [-0.2, 0) is 13.2 Å². The standard InChI is InChI=1S/C21H29ClN2O2.2ClH/c1-4-24(5-2)12-11-23-15-18-13-19(22)14-20(25-3)21(18)26-16-17-9-7-6-8-10-17;;/h6-10,13-14,23H,4-5,11-12,15-16H2,1-3H3;2*1H. The third-order valence-electron chi connectivity index (χ3n) is 4.36. The minimum Gasteiger partial charge on any atom is -0.493 e. The summed E-state index contributed by atoms with van der Waals surface area (Å²) >= 11 is 6.25. The monoisotopic (exact) mass is 448 g/mol. The van der Waals surface area contributed by atoms with E-state index in [9.17, 15) is 0 Å². The SMILES string of the molecule is CCN(CC)CCNCc1cc(Cl)cc(OC)c1OCc1ccccc1.Cl.Cl. The van der Waals surface area contributed by atoms with Crippen molar-refractivity contribution in [3.05, 3.63) is 58.6 Å². The highest BCUT2D eigenvalue weighted by molar-refractivity contribution is 6.30. The van der Waals surface area contributed by atoms with Crippen LogP contribution in [0.2, 0.25) is 5.02 Å². The van der Waals surface area contributed by atoms with E-state index in [2.05, 4.69) is 24.1 Å². The third kappa shape index (κ3) is 8.46. The molecule has 0 aliphatic rings. The van der Waals surface area contributed by atoms with E-state index in [0.29, 0.717) is 23.9 Å². The topological polar surface area (TPSA) is 33.7 Å². The smallest absolute Gasteiger partial charge is 0.166 e. The van der Waals surface area contributed by atoms with Gasteiger partial charge in [0.05, 0.1) is 7.11 Å². The van der Waals surface area contributed by atoms with Crippen molar-refractivity contribution in [1.82, 2.24) is 10.2 Å². The van der Waals surface area contributed by atoms with Crippen LogP contribution in [0.1, 0.15) is 25.0 Å². The van der Waals surface area contributed by atoms with Gasteiger partial charge in [-0.15, -0.1) is 24.8 Å². The summed E-state index contributed by atoms with van der Waals surface area (Å²) in [7, 11) is 1.64. The van der Waals surface area contributed by atoms with Crippen LogP contribution in [-0.4, -0.2) is 38.2 Å². The van der Waals surface area contributed by atoms with Gasteiger partial charge in [0.15, 0.2) is 11.5 Å². The van der Waals surface area contributed by atoms with Crippen molar-refractivity contribution in [1.29, 1.82) is 0 Å². The Balaban J connectivity index is 0.00000364. The number of hydrogen-bond acceptors (Lipinski definition) is 4. The van der Waals surface area contributed by atoms with Crippen molar-refractivity contribution in [2.45, 2.75) is 27.0 Å². The number of hydrogen-bond donors (Lipinski definition) is 1. The highest BCUT2D eigenvalue weighted by atomic mass is 35.5. The molecule has 0 radical (unpaired) electrons. The van der Waals surface area contributed by atoms with Gasteiger partial charge in [0.1, 0.15) is 6.61 Å². The lowest BCUT2D eigenvalue weighted by Crippen LogP contribution is -2.31. The molecule has 0 unspecified atom stereocenters. The average molecular weight is 450 g/mol. The maximum atomic E-state index is 6.25. The second kappa shape index (κ2) is 14.8. The maximum Gasteiger partial charge on any atom is 0.166 e. The molecule has 2 aromatic carbocycles. The molecule has 0 heterocycles. The van der Waals surface area contributed by atoms with Crippen LogP contribution in [0.5, 0.6) is 11.5 Å². The van der Waals surface area contributed by atoms with Crippen molar-refractivity contribution in [3.63, 3.8) is 0 Å². The molecule has 2 aromatic rings. The molecular weight excluding hydrogens is 419 g/mol. The fraction of sp³-hybridized carbons (Fsp3) is 0.429. The molecule has 0 spiro atoms. The van der Waals surface area contributed by atoms with Gasteiger partial charge in [-0.2, -0.15) is 0 Å². The van der Waals surface area contributed by atoms with E-state index < -0.39 is 0 Å². The zero-order valence-corrected chi connectivity index (χ0v) is 19.1. The first-order chi connectivity index (χ1) is 12.7. The Morgan fingerprint density at radius 3 is 2.32 bits per heavy atom. The Hall–Kier alpha value is -1.17. The first kappa shape index (κ1) is 26.8. The molecule has 0 aromatic heterocycles. The van der Waals surface area contributed by atoms with Gasteiger partial charge < -0.3 is 19.7 Å². The number of rotatable bonds is 11. The molecule has 158 valence electrons. The molecule has 0 saturated carbocycles. The van der Waals surface area contributed by atoms with Crippen LogP contribution >= 0.6 is 36.4 Å². The van der Waals surface area contributed by atoms with Crippen LogP contribution in [0.3, 0.4) is 0 Å². The second-order valence-electron chi connectivity index (χ2n) is 6.07. The minimum atomic E-state index is 0. The Morgan fingerprint density at radius 2 is 1.71 bits per heavy atom. The zero-order valence-electron chi connectivity index (χ0n) is 16.7. The quantitative estimate of drug-likeness (QED) is 0.478. The van der Waals surface area contributed by atoms with E-state index in [1.54, 1.807) is 13.2 Å². The van der Waals surface area contributed by atoms with Crippen LogP contribution < -0.4 is 14.8 Å². The molecule has 0 bridgehead atoms. The molecule has 0 atom stereocenters. The number of nitrogens with zero attached hydrogens (tertiary/aromatic N) is 1. The number of ether oxygens (including phenoxy) is 2. The van der Waals surface area contributed by atoms with Crippen LogP contribution in [0.15, 0.2) is 42.5 Å². The van der Waals surface area contributed by atoms with Crippen molar-refractivity contribution in [3.8, 4) is 11.5 Å². The summed E-state index contributed by atoms with van der Waals surface area (Å²) < 4.78 is 11.6. The van der Waals surface area contributed by atoms with Crippen molar-refractivity contribution in [2.75, 3.05) is 33.3 Å². The number of methoxy groups -OCH3 is 1. The fourth-order valence-electron chi connectivity index (χ4n) is 2.80. The molecule has 1 N–H and O–H groups in total. The molecule has 7 heteroatoms. The molecule has 0 saturated heterocycles. The van der Waals surface area contributed by atoms with E-state index in [1.807, 2.05) is 36.4 Å². The lowest BCUT2D eigenvalue weighted by atomic mass is 10.1. The summed E-state index contributed by atoms with van der Waals surface area (Å²) in [6.45, 7) is 9.60. The summed E-state index contributed by atoms with van der Waals surface area (Å²) in [6.07, 6.45) is 0. The van der Waals surface area contributed by atoms with Crippen molar-refractivity contribution >= 4 is 36.4 Å². The molecule has 0 fully saturated rings. The minimum absolute atomic E-state index is 0. The molecule has 0 aliphatic carbocycles. The Kier molecular flexibility index (Phi) is 14.2. The highest BCUT2D eigenvalue weighted by Crippen LogP contribution is 2.35. The zero-order chi connectivity index (χ0) is 18.8. The lowest BCUT2D eigenvalue weighted by Gasteiger charge is -2.19. The largest absolute Gasteiger partial charge is 0.493 e. The van der Waals surface area contributed by atoms with E-state index in [4.69, 9.17) is 21.1 Å². The van der Waals surface area contributed by atoms with Crippen molar-refractivity contribution < 1.29 is 9.47 Å². The Labute approximate surface area is 186 Å². The Morgan fingerprint density at radius 1 is 1.04 bits per heavy atom. The number of benzene rings is 2. The van der Waals surface area contributed by atoms with E-state index >= 15 is 0 Å². The molecule has 0 amide bonds.